The van der Waals surface area contributed by atoms with Crippen LogP contribution in [0.15, 0.2) is 24.3 Å². The second-order valence-corrected chi connectivity index (χ2v) is 2.16. The molecule has 1 aromatic rings. The van der Waals surface area contributed by atoms with Gasteiger partial charge in [-0.3, -0.25) is 9.97 Å². The van der Waals surface area contributed by atoms with Crippen LogP contribution in [-0.2, 0) is 0 Å². The molecule has 0 fully saturated rings. The highest BCUT2D eigenvalue weighted by Crippen LogP contribution is 2.11. The minimum Gasteiger partial charge on any atom is -0.511 e. The highest BCUT2D eigenvalue weighted by molar-refractivity contribution is 5.75. The lowest BCUT2D eigenvalue weighted by Crippen LogP contribution is -1.90. The zero-order valence-corrected chi connectivity index (χ0v) is 6.52. The van der Waals surface area contributed by atoms with E-state index in [-0.39, 0.29) is 11.3 Å². The van der Waals surface area contributed by atoms with Crippen LogP contribution in [0.4, 0.5) is 0 Å². The van der Waals surface area contributed by atoms with E-state index in [1.165, 1.54) is 25.5 Å². The fraction of sp³-hybridized carbons (Fsp3) is 0.125. The van der Waals surface area contributed by atoms with Crippen molar-refractivity contribution in [3.63, 3.8) is 0 Å². The average molecular weight is 161 g/mol. The molecule has 0 spiro atoms. The quantitative estimate of drug-likeness (QED) is 0.497. The molecule has 0 saturated carbocycles. The van der Waals surface area contributed by atoms with E-state index in [2.05, 4.69) is 9.97 Å². The van der Waals surface area contributed by atoms with E-state index < -0.39 is 0 Å². The summed E-state index contributed by atoms with van der Waals surface area (Å²) in [7, 11) is 0. The predicted molar refractivity (Wildman–Crippen MR) is 42.9 cm³/mol. The Balaban J connectivity index is 3.17. The zero-order valence-electron chi connectivity index (χ0n) is 6.52. The second kappa shape index (κ2) is 3.49. The summed E-state index contributed by atoms with van der Waals surface area (Å²) in [6, 6.07) is 1.84. The van der Waals surface area contributed by atoms with Gasteiger partial charge in [0.2, 0.25) is 0 Å². The summed E-state index contributed by atoms with van der Waals surface area (Å²) >= 11 is 0. The lowest BCUT2D eigenvalue weighted by molar-refractivity contribution is 0.417. The maximum atomic E-state index is 9.05. The average Bonchev–Trinajstić information content (AvgIpc) is 2.07. The Morgan fingerprint density at radius 2 is 2.33 bits per heavy atom. The van der Waals surface area contributed by atoms with E-state index in [4.69, 9.17) is 10.4 Å². The Morgan fingerprint density at radius 3 is 2.75 bits per heavy atom. The Labute approximate surface area is 69.8 Å². The van der Waals surface area contributed by atoms with Gasteiger partial charge in [0.15, 0.2) is 0 Å². The molecule has 60 valence electrons. The third-order valence-electron chi connectivity index (χ3n) is 1.29. The Bertz CT molecular complexity index is 333. The molecular formula is C8H7N3O. The van der Waals surface area contributed by atoms with E-state index in [0.29, 0.717) is 5.69 Å². The molecule has 0 unspecified atom stereocenters. The number of aromatic nitrogens is 2. The summed E-state index contributed by atoms with van der Waals surface area (Å²) in [4.78, 5) is 7.65. The number of rotatable bonds is 1. The van der Waals surface area contributed by atoms with Gasteiger partial charge in [-0.05, 0) is 6.92 Å². The van der Waals surface area contributed by atoms with Crippen LogP contribution in [0, 0.1) is 11.3 Å². The van der Waals surface area contributed by atoms with Gasteiger partial charge in [-0.2, -0.15) is 5.26 Å². The van der Waals surface area contributed by atoms with Crippen LogP contribution in [-0.4, -0.2) is 15.1 Å². The molecule has 0 bridgehead atoms. The van der Waals surface area contributed by atoms with Crippen molar-refractivity contribution >= 4 is 5.57 Å². The van der Waals surface area contributed by atoms with Crippen molar-refractivity contribution < 1.29 is 5.11 Å². The van der Waals surface area contributed by atoms with Gasteiger partial charge in [0.05, 0.1) is 6.20 Å². The molecular weight excluding hydrogens is 154 g/mol. The van der Waals surface area contributed by atoms with Crippen molar-refractivity contribution in [3.05, 3.63) is 30.0 Å². The number of nitriles is 1. The number of aliphatic hydroxyl groups is 1. The molecule has 0 saturated heterocycles. The third-order valence-corrected chi connectivity index (χ3v) is 1.29. The number of hydrogen-bond acceptors (Lipinski definition) is 4. The van der Waals surface area contributed by atoms with Crippen LogP contribution in [0.1, 0.15) is 12.6 Å². The minimum atomic E-state index is -0.0435. The molecule has 1 heterocycles. The van der Waals surface area contributed by atoms with Crippen LogP contribution < -0.4 is 0 Å². The summed E-state index contributed by atoms with van der Waals surface area (Å²) in [5.74, 6) is -0.0435. The Morgan fingerprint density at radius 1 is 1.58 bits per heavy atom. The largest absolute Gasteiger partial charge is 0.511 e. The molecule has 0 aliphatic heterocycles. The van der Waals surface area contributed by atoms with Crippen molar-refractivity contribution in [3.8, 4) is 6.07 Å². The number of nitrogens with zero attached hydrogens (tertiary/aromatic N) is 3. The first-order valence-corrected chi connectivity index (χ1v) is 3.32. The molecule has 4 nitrogen and oxygen atoms in total. The molecule has 0 aromatic carbocycles. The van der Waals surface area contributed by atoms with Crippen LogP contribution in [0.25, 0.3) is 5.57 Å². The minimum absolute atomic E-state index is 0.0435. The lowest BCUT2D eigenvalue weighted by atomic mass is 10.2. The SMILES string of the molecule is C/C(O)=C(\C#N)c1cnccn1. The second-order valence-electron chi connectivity index (χ2n) is 2.16. The normalized spacial score (nSPS) is 11.7. The van der Waals surface area contributed by atoms with Gasteiger partial charge in [0.1, 0.15) is 23.1 Å². The highest BCUT2D eigenvalue weighted by atomic mass is 16.3. The lowest BCUT2D eigenvalue weighted by Gasteiger charge is -1.96. The molecule has 1 rings (SSSR count). The zero-order chi connectivity index (χ0) is 8.97. The fourth-order valence-electron chi connectivity index (χ4n) is 0.752. The van der Waals surface area contributed by atoms with E-state index in [1.54, 1.807) is 0 Å². The monoisotopic (exact) mass is 161 g/mol. The summed E-state index contributed by atoms with van der Waals surface area (Å²) in [6.07, 6.45) is 4.40. The summed E-state index contributed by atoms with van der Waals surface area (Å²) in [5.41, 5.74) is 0.545. The van der Waals surface area contributed by atoms with E-state index in [9.17, 15) is 0 Å². The van der Waals surface area contributed by atoms with Crippen LogP contribution in [0.3, 0.4) is 0 Å². The fourth-order valence-corrected chi connectivity index (χ4v) is 0.752. The summed E-state index contributed by atoms with van der Waals surface area (Å²) < 4.78 is 0. The molecule has 12 heavy (non-hydrogen) atoms. The molecule has 1 aromatic heterocycles. The van der Waals surface area contributed by atoms with Gasteiger partial charge < -0.3 is 5.11 Å². The molecule has 0 aliphatic carbocycles. The third kappa shape index (κ3) is 1.58. The summed E-state index contributed by atoms with van der Waals surface area (Å²) in [6.45, 7) is 1.44. The standard InChI is InChI=1S/C8H7N3O/c1-6(12)7(4-9)8-5-10-2-3-11-8/h2-3,5,12H,1H3/b7-6-. The Hall–Kier alpha value is -1.89. The first kappa shape index (κ1) is 8.21. The van der Waals surface area contributed by atoms with Crippen molar-refractivity contribution in [2.24, 2.45) is 0 Å². The van der Waals surface area contributed by atoms with E-state index in [1.807, 2.05) is 6.07 Å². The van der Waals surface area contributed by atoms with E-state index in [0.717, 1.165) is 0 Å². The van der Waals surface area contributed by atoms with E-state index >= 15 is 0 Å². The van der Waals surface area contributed by atoms with Crippen molar-refractivity contribution in [1.29, 1.82) is 5.26 Å². The molecule has 0 atom stereocenters. The smallest absolute Gasteiger partial charge is 0.116 e. The molecule has 1 N–H and O–H groups in total. The highest BCUT2D eigenvalue weighted by Gasteiger charge is 2.04. The van der Waals surface area contributed by atoms with Gasteiger partial charge in [-0.25, -0.2) is 0 Å². The van der Waals surface area contributed by atoms with Crippen LogP contribution >= 0.6 is 0 Å². The summed E-state index contributed by atoms with van der Waals surface area (Å²) in [5, 5.41) is 17.7. The van der Waals surface area contributed by atoms with Crippen LogP contribution in [0.5, 0.6) is 0 Å². The Kier molecular flexibility index (Phi) is 2.38. The predicted octanol–water partition coefficient (Wildman–Crippen LogP) is 1.29. The molecule has 0 aliphatic rings. The van der Waals surface area contributed by atoms with Gasteiger partial charge >= 0.3 is 0 Å². The van der Waals surface area contributed by atoms with Gasteiger partial charge in [-0.1, -0.05) is 0 Å². The first-order chi connectivity index (χ1) is 5.75. The first-order valence-electron chi connectivity index (χ1n) is 3.32. The van der Waals surface area contributed by atoms with Crippen molar-refractivity contribution in [2.45, 2.75) is 6.92 Å². The van der Waals surface area contributed by atoms with Gasteiger partial charge in [-0.15, -0.1) is 0 Å². The molecule has 0 radical (unpaired) electrons. The maximum absolute atomic E-state index is 9.05. The number of aliphatic hydroxyl groups excluding tert-OH is 1. The maximum Gasteiger partial charge on any atom is 0.116 e. The number of hydrogen-bond donors (Lipinski definition) is 1. The van der Waals surface area contributed by atoms with Crippen molar-refractivity contribution in [1.82, 2.24) is 9.97 Å². The van der Waals surface area contributed by atoms with Gasteiger partial charge in [0.25, 0.3) is 0 Å². The topological polar surface area (TPSA) is 69.8 Å². The van der Waals surface area contributed by atoms with Crippen LogP contribution in [0.2, 0.25) is 0 Å². The van der Waals surface area contributed by atoms with Crippen molar-refractivity contribution in [2.75, 3.05) is 0 Å². The van der Waals surface area contributed by atoms with Gasteiger partial charge in [0, 0.05) is 12.4 Å². The molecule has 4 heteroatoms. The number of allylic oxidation sites excluding steroid dienone is 2. The molecule has 0 amide bonds.